The average molecular weight is 345 g/mol. The number of amides is 1. The van der Waals surface area contributed by atoms with Crippen LogP contribution in [0, 0.1) is 5.92 Å². The van der Waals surface area contributed by atoms with Gasteiger partial charge in [0.2, 0.25) is 15.9 Å². The largest absolute Gasteiger partial charge is 0.355 e. The first-order valence-electron chi connectivity index (χ1n) is 8.79. The summed E-state index contributed by atoms with van der Waals surface area (Å²) >= 11 is 0. The van der Waals surface area contributed by atoms with E-state index in [1.54, 1.807) is 0 Å². The summed E-state index contributed by atoms with van der Waals surface area (Å²) in [5, 5.41) is 2.87. The van der Waals surface area contributed by atoms with Crippen molar-refractivity contribution in [1.82, 2.24) is 9.62 Å². The molecule has 23 heavy (non-hydrogen) atoms. The van der Waals surface area contributed by atoms with Crippen molar-refractivity contribution >= 4 is 15.9 Å². The van der Waals surface area contributed by atoms with Crippen LogP contribution in [0.1, 0.15) is 58.8 Å². The van der Waals surface area contributed by atoms with E-state index in [4.69, 9.17) is 0 Å². The van der Waals surface area contributed by atoms with Crippen LogP contribution in [0.15, 0.2) is 11.6 Å². The summed E-state index contributed by atoms with van der Waals surface area (Å²) in [6.07, 6.45) is 10.6. The monoisotopic (exact) mass is 344 g/mol. The molecule has 0 aromatic heterocycles. The van der Waals surface area contributed by atoms with Crippen LogP contribution in [-0.4, -0.2) is 44.5 Å². The Hall–Kier alpha value is -0.880. The molecular weight excluding hydrogens is 312 g/mol. The molecular formula is C17H32N2O3S. The molecule has 1 aliphatic carbocycles. The van der Waals surface area contributed by atoms with E-state index in [-0.39, 0.29) is 11.8 Å². The number of hydrogen-bond acceptors (Lipinski definition) is 3. The quantitative estimate of drug-likeness (QED) is 0.620. The van der Waals surface area contributed by atoms with Crippen LogP contribution in [-0.2, 0) is 14.8 Å². The molecule has 5 nitrogen and oxygen atoms in total. The van der Waals surface area contributed by atoms with Gasteiger partial charge in [-0.25, -0.2) is 12.7 Å². The molecule has 1 aliphatic rings. The predicted molar refractivity (Wildman–Crippen MR) is 94.7 cm³/mol. The summed E-state index contributed by atoms with van der Waals surface area (Å²) in [7, 11) is -3.24. The molecule has 0 bridgehead atoms. The highest BCUT2D eigenvalue weighted by atomic mass is 32.2. The van der Waals surface area contributed by atoms with E-state index in [0.29, 0.717) is 19.6 Å². The lowest BCUT2D eigenvalue weighted by molar-refractivity contribution is -0.125. The lowest BCUT2D eigenvalue weighted by Crippen LogP contribution is -2.40. The molecule has 0 aliphatic heterocycles. The molecule has 1 rings (SSSR count). The van der Waals surface area contributed by atoms with Crippen molar-refractivity contribution in [1.29, 1.82) is 0 Å². The Balaban J connectivity index is 2.46. The van der Waals surface area contributed by atoms with Crippen molar-refractivity contribution < 1.29 is 13.2 Å². The van der Waals surface area contributed by atoms with Gasteiger partial charge < -0.3 is 5.32 Å². The van der Waals surface area contributed by atoms with Crippen molar-refractivity contribution in [2.24, 2.45) is 5.92 Å². The van der Waals surface area contributed by atoms with Gasteiger partial charge in [-0.2, -0.15) is 0 Å². The minimum absolute atomic E-state index is 0.0223. The van der Waals surface area contributed by atoms with Crippen LogP contribution in [0.4, 0.5) is 0 Å². The highest BCUT2D eigenvalue weighted by Crippen LogP contribution is 2.20. The van der Waals surface area contributed by atoms with Crippen LogP contribution in [0.5, 0.6) is 0 Å². The summed E-state index contributed by atoms with van der Waals surface area (Å²) in [6, 6.07) is 0. The van der Waals surface area contributed by atoms with Gasteiger partial charge in [-0.3, -0.25) is 4.79 Å². The summed E-state index contributed by atoms with van der Waals surface area (Å²) in [5.41, 5.74) is 1.37. The van der Waals surface area contributed by atoms with Crippen LogP contribution in [0.3, 0.4) is 0 Å². The maximum absolute atomic E-state index is 12.0. The third-order valence-corrected chi connectivity index (χ3v) is 5.86. The zero-order valence-corrected chi connectivity index (χ0v) is 15.6. The fraction of sp³-hybridized carbons (Fsp3) is 0.824. The zero-order chi connectivity index (χ0) is 17.3. The van der Waals surface area contributed by atoms with E-state index in [2.05, 4.69) is 11.4 Å². The summed E-state index contributed by atoms with van der Waals surface area (Å²) in [5.74, 6) is 0.0486. The van der Waals surface area contributed by atoms with E-state index in [1.165, 1.54) is 29.0 Å². The second-order valence-electron chi connectivity index (χ2n) is 6.32. The predicted octanol–water partition coefficient (Wildman–Crippen LogP) is 2.69. The van der Waals surface area contributed by atoms with Crippen molar-refractivity contribution in [3.63, 3.8) is 0 Å². The smallest absolute Gasteiger partial charge is 0.223 e. The number of sulfonamides is 1. The van der Waals surface area contributed by atoms with Gasteiger partial charge in [0.1, 0.15) is 0 Å². The Kier molecular flexibility index (Phi) is 8.84. The molecule has 0 saturated heterocycles. The number of carbonyl (C=O) groups is 1. The SMILES string of the molecule is CCC(CC)C(=O)NCCN(CCC1=CCCCC1)S(C)(=O)=O. The number of carbonyl (C=O) groups excluding carboxylic acids is 1. The molecule has 0 heterocycles. The first-order chi connectivity index (χ1) is 10.9. The molecule has 0 atom stereocenters. The van der Waals surface area contributed by atoms with Crippen molar-refractivity contribution in [2.75, 3.05) is 25.9 Å². The Bertz CT molecular complexity index is 496. The molecule has 0 aromatic carbocycles. The molecule has 0 unspecified atom stereocenters. The second kappa shape index (κ2) is 10.1. The van der Waals surface area contributed by atoms with Crippen LogP contribution >= 0.6 is 0 Å². The molecule has 1 N–H and O–H groups in total. The Labute approximate surface area is 141 Å². The highest BCUT2D eigenvalue weighted by Gasteiger charge is 2.18. The van der Waals surface area contributed by atoms with Gasteiger partial charge >= 0.3 is 0 Å². The van der Waals surface area contributed by atoms with E-state index >= 15 is 0 Å². The van der Waals surface area contributed by atoms with Crippen molar-refractivity contribution in [3.05, 3.63) is 11.6 Å². The van der Waals surface area contributed by atoms with Crippen LogP contribution < -0.4 is 5.32 Å². The van der Waals surface area contributed by atoms with Crippen LogP contribution in [0.2, 0.25) is 0 Å². The van der Waals surface area contributed by atoms with Crippen molar-refractivity contribution in [3.8, 4) is 0 Å². The first kappa shape index (κ1) is 20.2. The third kappa shape index (κ3) is 7.48. The highest BCUT2D eigenvalue weighted by molar-refractivity contribution is 7.88. The van der Waals surface area contributed by atoms with E-state index < -0.39 is 10.0 Å². The van der Waals surface area contributed by atoms with E-state index in [0.717, 1.165) is 32.1 Å². The summed E-state index contributed by atoms with van der Waals surface area (Å²) < 4.78 is 25.3. The number of nitrogens with zero attached hydrogens (tertiary/aromatic N) is 1. The lowest BCUT2D eigenvalue weighted by Gasteiger charge is -2.22. The number of allylic oxidation sites excluding steroid dienone is 1. The van der Waals surface area contributed by atoms with Crippen LogP contribution in [0.25, 0.3) is 0 Å². The molecule has 1 amide bonds. The number of nitrogens with one attached hydrogen (secondary N) is 1. The third-order valence-electron chi connectivity index (χ3n) is 4.55. The van der Waals surface area contributed by atoms with Crippen molar-refractivity contribution in [2.45, 2.75) is 58.8 Å². The fourth-order valence-corrected chi connectivity index (χ4v) is 3.80. The molecule has 134 valence electrons. The van der Waals surface area contributed by atoms with Gasteiger partial charge in [0, 0.05) is 25.6 Å². The first-order valence-corrected chi connectivity index (χ1v) is 10.6. The molecule has 6 heteroatoms. The Morgan fingerprint density at radius 1 is 1.26 bits per heavy atom. The van der Waals surface area contributed by atoms with Gasteiger partial charge in [-0.05, 0) is 44.9 Å². The van der Waals surface area contributed by atoms with Gasteiger partial charge in [0.25, 0.3) is 0 Å². The van der Waals surface area contributed by atoms with E-state index in [1.807, 2.05) is 13.8 Å². The minimum atomic E-state index is -3.24. The number of rotatable bonds is 10. The molecule has 0 saturated carbocycles. The van der Waals surface area contributed by atoms with Gasteiger partial charge in [-0.1, -0.05) is 25.5 Å². The molecule has 0 fully saturated rings. The normalized spacial score (nSPS) is 15.8. The zero-order valence-electron chi connectivity index (χ0n) is 14.8. The van der Waals surface area contributed by atoms with Gasteiger partial charge in [0.05, 0.1) is 6.26 Å². The molecule has 0 spiro atoms. The minimum Gasteiger partial charge on any atom is -0.355 e. The Morgan fingerprint density at radius 3 is 2.48 bits per heavy atom. The molecule has 0 aromatic rings. The summed E-state index contributed by atoms with van der Waals surface area (Å²) in [6.45, 7) is 5.22. The van der Waals surface area contributed by atoms with Gasteiger partial charge in [0.15, 0.2) is 0 Å². The topological polar surface area (TPSA) is 66.5 Å². The van der Waals surface area contributed by atoms with Gasteiger partial charge in [-0.15, -0.1) is 0 Å². The number of hydrogen-bond donors (Lipinski definition) is 1. The lowest BCUT2D eigenvalue weighted by atomic mass is 9.97. The second-order valence-corrected chi connectivity index (χ2v) is 8.31. The maximum Gasteiger partial charge on any atom is 0.223 e. The van der Waals surface area contributed by atoms with E-state index in [9.17, 15) is 13.2 Å². The average Bonchev–Trinajstić information content (AvgIpc) is 2.51. The Morgan fingerprint density at radius 2 is 1.96 bits per heavy atom. The fourth-order valence-electron chi connectivity index (χ4n) is 2.95. The maximum atomic E-state index is 12.0. The molecule has 0 radical (unpaired) electrons. The standard InChI is InChI=1S/C17H32N2O3S/c1-4-16(5-2)17(20)18-12-14-19(23(3,21)22)13-11-15-9-7-6-8-10-15/h9,16H,4-8,10-14H2,1-3H3,(H,18,20). The summed E-state index contributed by atoms with van der Waals surface area (Å²) in [4.78, 5) is 12.0.